The SMILES string of the molecule is CC(O)c1ccc(F)cc1OCc1cn2ccccc2n1. The summed E-state index contributed by atoms with van der Waals surface area (Å²) in [7, 11) is 0. The number of hydrogen-bond acceptors (Lipinski definition) is 3. The molecule has 0 spiro atoms. The number of halogens is 1. The van der Waals surface area contributed by atoms with Gasteiger partial charge in [0.05, 0.1) is 11.8 Å². The minimum absolute atomic E-state index is 0.213. The monoisotopic (exact) mass is 286 g/mol. The third-order valence-corrected chi connectivity index (χ3v) is 3.22. The number of nitrogens with zero attached hydrogens (tertiary/aromatic N) is 2. The number of imidazole rings is 1. The van der Waals surface area contributed by atoms with Crippen LogP contribution in [-0.4, -0.2) is 14.5 Å². The van der Waals surface area contributed by atoms with Gasteiger partial charge in [0, 0.05) is 24.0 Å². The first-order chi connectivity index (χ1) is 10.1. The molecule has 3 aromatic rings. The molecule has 2 aromatic heterocycles. The Kier molecular flexibility index (Phi) is 3.58. The van der Waals surface area contributed by atoms with Crippen molar-refractivity contribution in [1.29, 1.82) is 0 Å². The van der Waals surface area contributed by atoms with E-state index in [1.165, 1.54) is 18.2 Å². The fraction of sp³-hybridized carbons (Fsp3) is 0.188. The van der Waals surface area contributed by atoms with Crippen LogP contribution < -0.4 is 4.74 Å². The Morgan fingerprint density at radius 2 is 2.19 bits per heavy atom. The Morgan fingerprint density at radius 1 is 1.33 bits per heavy atom. The molecule has 0 saturated heterocycles. The highest BCUT2D eigenvalue weighted by Crippen LogP contribution is 2.26. The second kappa shape index (κ2) is 5.54. The van der Waals surface area contributed by atoms with E-state index in [1.807, 2.05) is 35.0 Å². The zero-order chi connectivity index (χ0) is 14.8. The Labute approximate surface area is 121 Å². The third kappa shape index (κ3) is 2.87. The fourth-order valence-corrected chi connectivity index (χ4v) is 2.19. The molecule has 0 amide bonds. The van der Waals surface area contributed by atoms with Gasteiger partial charge in [0.1, 0.15) is 23.8 Å². The summed E-state index contributed by atoms with van der Waals surface area (Å²) in [6.45, 7) is 1.83. The van der Waals surface area contributed by atoms with E-state index in [0.29, 0.717) is 11.3 Å². The molecule has 21 heavy (non-hydrogen) atoms. The van der Waals surface area contributed by atoms with Crippen LogP contribution in [0.15, 0.2) is 48.8 Å². The Balaban J connectivity index is 1.82. The summed E-state index contributed by atoms with van der Waals surface area (Å²) in [4.78, 5) is 4.41. The molecule has 0 radical (unpaired) electrons. The van der Waals surface area contributed by atoms with E-state index < -0.39 is 11.9 Å². The van der Waals surface area contributed by atoms with E-state index in [0.717, 1.165) is 11.3 Å². The number of rotatable bonds is 4. The van der Waals surface area contributed by atoms with Gasteiger partial charge in [0.15, 0.2) is 0 Å². The molecule has 0 saturated carbocycles. The fourth-order valence-electron chi connectivity index (χ4n) is 2.19. The van der Waals surface area contributed by atoms with E-state index in [4.69, 9.17) is 4.74 Å². The van der Waals surface area contributed by atoms with Crippen LogP contribution in [0.3, 0.4) is 0 Å². The van der Waals surface area contributed by atoms with Gasteiger partial charge >= 0.3 is 0 Å². The molecular formula is C16H15FN2O2. The molecule has 4 nitrogen and oxygen atoms in total. The summed E-state index contributed by atoms with van der Waals surface area (Å²) < 4.78 is 20.8. The molecule has 2 heterocycles. The molecule has 5 heteroatoms. The van der Waals surface area contributed by atoms with Crippen molar-refractivity contribution < 1.29 is 14.2 Å². The van der Waals surface area contributed by atoms with Crippen LogP contribution in [0.25, 0.3) is 5.65 Å². The van der Waals surface area contributed by atoms with Crippen LogP contribution in [-0.2, 0) is 6.61 Å². The lowest BCUT2D eigenvalue weighted by Crippen LogP contribution is -2.01. The minimum atomic E-state index is -0.721. The summed E-state index contributed by atoms with van der Waals surface area (Å²) >= 11 is 0. The Morgan fingerprint density at radius 3 is 2.95 bits per heavy atom. The number of aromatic nitrogens is 2. The topological polar surface area (TPSA) is 46.8 Å². The molecular weight excluding hydrogens is 271 g/mol. The lowest BCUT2D eigenvalue weighted by Gasteiger charge is -2.12. The van der Waals surface area contributed by atoms with Crippen molar-refractivity contribution in [2.75, 3.05) is 0 Å². The number of hydrogen-bond donors (Lipinski definition) is 1. The number of aliphatic hydroxyl groups excluding tert-OH is 1. The van der Waals surface area contributed by atoms with Crippen LogP contribution in [0, 0.1) is 5.82 Å². The molecule has 0 fully saturated rings. The number of ether oxygens (including phenoxy) is 1. The highest BCUT2D eigenvalue weighted by Gasteiger charge is 2.11. The van der Waals surface area contributed by atoms with E-state index in [2.05, 4.69) is 4.98 Å². The summed E-state index contributed by atoms with van der Waals surface area (Å²) in [5.74, 6) is -0.0635. The molecule has 1 aromatic carbocycles. The van der Waals surface area contributed by atoms with E-state index >= 15 is 0 Å². The van der Waals surface area contributed by atoms with Gasteiger partial charge < -0.3 is 14.2 Å². The highest BCUT2D eigenvalue weighted by molar-refractivity contribution is 5.40. The number of aliphatic hydroxyl groups is 1. The van der Waals surface area contributed by atoms with Gasteiger partial charge in [0.25, 0.3) is 0 Å². The molecule has 1 unspecified atom stereocenters. The first-order valence-corrected chi connectivity index (χ1v) is 6.66. The normalized spacial score (nSPS) is 12.5. The first kappa shape index (κ1) is 13.6. The van der Waals surface area contributed by atoms with E-state index in [1.54, 1.807) is 6.92 Å². The van der Waals surface area contributed by atoms with Gasteiger partial charge in [-0.2, -0.15) is 0 Å². The average molecular weight is 286 g/mol. The second-order valence-electron chi connectivity index (χ2n) is 4.85. The quantitative estimate of drug-likeness (QED) is 0.801. The molecule has 0 aliphatic rings. The van der Waals surface area contributed by atoms with Crippen LogP contribution >= 0.6 is 0 Å². The average Bonchev–Trinajstić information content (AvgIpc) is 2.87. The lowest BCUT2D eigenvalue weighted by molar-refractivity contribution is 0.189. The van der Waals surface area contributed by atoms with Crippen molar-refractivity contribution in [3.63, 3.8) is 0 Å². The standard InChI is InChI=1S/C16H15FN2O2/c1-11(20)14-6-5-12(17)8-15(14)21-10-13-9-19-7-3-2-4-16(19)18-13/h2-9,11,20H,10H2,1H3. The largest absolute Gasteiger partial charge is 0.487 e. The van der Waals surface area contributed by atoms with Gasteiger partial charge in [-0.05, 0) is 31.2 Å². The maximum atomic E-state index is 13.3. The third-order valence-electron chi connectivity index (χ3n) is 3.22. The summed E-state index contributed by atoms with van der Waals surface area (Å²) in [6.07, 6.45) is 3.04. The van der Waals surface area contributed by atoms with E-state index in [9.17, 15) is 9.50 Å². The molecule has 3 rings (SSSR count). The van der Waals surface area contributed by atoms with Crippen molar-refractivity contribution in [1.82, 2.24) is 9.38 Å². The predicted octanol–water partition coefficient (Wildman–Crippen LogP) is 3.11. The Hall–Kier alpha value is -2.40. The minimum Gasteiger partial charge on any atom is -0.487 e. The molecule has 0 aliphatic heterocycles. The predicted molar refractivity (Wildman–Crippen MR) is 76.6 cm³/mol. The highest BCUT2D eigenvalue weighted by atomic mass is 19.1. The lowest BCUT2D eigenvalue weighted by atomic mass is 10.1. The van der Waals surface area contributed by atoms with Crippen molar-refractivity contribution in [2.45, 2.75) is 19.6 Å². The Bertz CT molecular complexity index is 735. The summed E-state index contributed by atoms with van der Waals surface area (Å²) in [5, 5.41) is 9.68. The van der Waals surface area contributed by atoms with Crippen molar-refractivity contribution in [3.05, 3.63) is 65.9 Å². The van der Waals surface area contributed by atoms with E-state index in [-0.39, 0.29) is 6.61 Å². The van der Waals surface area contributed by atoms with Crippen molar-refractivity contribution in [3.8, 4) is 5.75 Å². The van der Waals surface area contributed by atoms with Gasteiger partial charge in [-0.25, -0.2) is 9.37 Å². The zero-order valence-electron chi connectivity index (χ0n) is 11.5. The maximum Gasteiger partial charge on any atom is 0.137 e. The molecule has 1 atom stereocenters. The molecule has 0 aliphatic carbocycles. The second-order valence-corrected chi connectivity index (χ2v) is 4.85. The van der Waals surface area contributed by atoms with Gasteiger partial charge in [-0.15, -0.1) is 0 Å². The van der Waals surface area contributed by atoms with Crippen LogP contribution in [0.5, 0.6) is 5.75 Å². The molecule has 1 N–H and O–H groups in total. The van der Waals surface area contributed by atoms with Crippen LogP contribution in [0.1, 0.15) is 24.3 Å². The number of benzene rings is 1. The maximum absolute atomic E-state index is 13.3. The zero-order valence-corrected chi connectivity index (χ0v) is 11.5. The van der Waals surface area contributed by atoms with Crippen LogP contribution in [0.4, 0.5) is 4.39 Å². The number of pyridine rings is 1. The van der Waals surface area contributed by atoms with Gasteiger partial charge in [-0.3, -0.25) is 0 Å². The summed E-state index contributed by atoms with van der Waals surface area (Å²) in [5.41, 5.74) is 2.12. The first-order valence-electron chi connectivity index (χ1n) is 6.66. The van der Waals surface area contributed by atoms with Crippen molar-refractivity contribution in [2.24, 2.45) is 0 Å². The van der Waals surface area contributed by atoms with Crippen molar-refractivity contribution >= 4 is 5.65 Å². The smallest absolute Gasteiger partial charge is 0.137 e. The number of fused-ring (bicyclic) bond motifs is 1. The van der Waals surface area contributed by atoms with Gasteiger partial charge in [0.2, 0.25) is 0 Å². The molecule has 0 bridgehead atoms. The summed E-state index contributed by atoms with van der Waals surface area (Å²) in [6, 6.07) is 9.83. The molecule has 108 valence electrons. The van der Waals surface area contributed by atoms with Gasteiger partial charge in [-0.1, -0.05) is 6.07 Å². The van der Waals surface area contributed by atoms with Crippen LogP contribution in [0.2, 0.25) is 0 Å².